The maximum atomic E-state index is 12.0. The fourth-order valence-electron chi connectivity index (χ4n) is 1.64. The zero-order chi connectivity index (χ0) is 13.1. The van der Waals surface area contributed by atoms with Crippen LogP contribution in [0.25, 0.3) is 0 Å². The summed E-state index contributed by atoms with van der Waals surface area (Å²) in [6.07, 6.45) is 1.72. The monoisotopic (exact) mass is 375 g/mol. The predicted molar refractivity (Wildman–Crippen MR) is 80.5 cm³/mol. The Balaban J connectivity index is 2.40. The number of pyridine rings is 1. The van der Waals surface area contributed by atoms with Gasteiger partial charge in [-0.1, -0.05) is 11.6 Å². The van der Waals surface area contributed by atoms with E-state index in [1.807, 2.05) is 18.2 Å². The first-order chi connectivity index (χ1) is 8.61. The van der Waals surface area contributed by atoms with Gasteiger partial charge in [-0.15, -0.1) is 0 Å². The van der Waals surface area contributed by atoms with Crippen molar-refractivity contribution in [3.63, 3.8) is 0 Å². The van der Waals surface area contributed by atoms with Crippen LogP contribution < -0.4 is 10.3 Å². The van der Waals surface area contributed by atoms with E-state index in [-0.39, 0.29) is 5.56 Å². The van der Waals surface area contributed by atoms with Crippen LogP contribution in [0.1, 0.15) is 5.56 Å². The van der Waals surface area contributed by atoms with Crippen molar-refractivity contribution in [1.29, 1.82) is 0 Å². The van der Waals surface area contributed by atoms with Crippen LogP contribution in [0.15, 0.2) is 41.3 Å². The summed E-state index contributed by atoms with van der Waals surface area (Å²) in [5, 5.41) is 0.658. The quantitative estimate of drug-likeness (QED) is 0.772. The minimum atomic E-state index is -0.157. The Kier molecular flexibility index (Phi) is 4.29. The second kappa shape index (κ2) is 5.75. The largest absolute Gasteiger partial charge is 0.491 e. The summed E-state index contributed by atoms with van der Waals surface area (Å²) in [5.41, 5.74) is 0.758. The molecule has 2 aromatic rings. The van der Waals surface area contributed by atoms with Crippen molar-refractivity contribution in [3.05, 3.63) is 61.0 Å². The summed E-state index contributed by atoms with van der Waals surface area (Å²) in [5.74, 6) is 0.333. The number of halogens is 2. The molecule has 0 saturated carbocycles. The third-order valence-electron chi connectivity index (χ3n) is 2.55. The first-order valence-electron chi connectivity index (χ1n) is 5.29. The van der Waals surface area contributed by atoms with Gasteiger partial charge in [0.1, 0.15) is 0 Å². The Morgan fingerprint density at radius 3 is 2.89 bits per heavy atom. The van der Waals surface area contributed by atoms with Crippen LogP contribution in [-0.2, 0) is 6.54 Å². The molecule has 94 valence electrons. The first kappa shape index (κ1) is 13.4. The minimum Gasteiger partial charge on any atom is -0.491 e. The Hall–Kier alpha value is -1.01. The van der Waals surface area contributed by atoms with Gasteiger partial charge in [0.2, 0.25) is 0 Å². The molecule has 1 aromatic heterocycles. The molecule has 2 rings (SSSR count). The SMILES string of the molecule is COc1cccn(Cc2cc(I)ccc2Cl)c1=O. The maximum absolute atomic E-state index is 12.0. The minimum absolute atomic E-state index is 0.157. The van der Waals surface area contributed by atoms with E-state index in [0.29, 0.717) is 17.3 Å². The van der Waals surface area contributed by atoms with Crippen LogP contribution >= 0.6 is 34.2 Å². The molecule has 0 aliphatic rings. The van der Waals surface area contributed by atoms with Gasteiger partial charge in [0.15, 0.2) is 5.75 Å². The average Bonchev–Trinajstić information content (AvgIpc) is 2.36. The zero-order valence-corrected chi connectivity index (χ0v) is 12.6. The van der Waals surface area contributed by atoms with Crippen LogP contribution in [0.5, 0.6) is 5.75 Å². The Bertz CT molecular complexity index is 625. The van der Waals surface area contributed by atoms with Crippen molar-refractivity contribution in [2.45, 2.75) is 6.54 Å². The summed E-state index contributed by atoms with van der Waals surface area (Å²) in [4.78, 5) is 12.0. The molecule has 0 amide bonds. The van der Waals surface area contributed by atoms with Crippen LogP contribution in [0.3, 0.4) is 0 Å². The van der Waals surface area contributed by atoms with Crippen molar-refractivity contribution >= 4 is 34.2 Å². The third kappa shape index (κ3) is 2.87. The molecule has 0 saturated heterocycles. The lowest BCUT2D eigenvalue weighted by molar-refractivity contribution is 0.403. The van der Waals surface area contributed by atoms with Crippen molar-refractivity contribution in [2.75, 3.05) is 7.11 Å². The van der Waals surface area contributed by atoms with E-state index >= 15 is 0 Å². The van der Waals surface area contributed by atoms with E-state index in [1.165, 1.54) is 7.11 Å². The summed E-state index contributed by atoms with van der Waals surface area (Å²) in [6.45, 7) is 0.436. The molecule has 0 atom stereocenters. The number of methoxy groups -OCH3 is 1. The summed E-state index contributed by atoms with van der Waals surface area (Å²) in [6, 6.07) is 9.16. The van der Waals surface area contributed by atoms with E-state index in [1.54, 1.807) is 22.9 Å². The molecule has 1 heterocycles. The van der Waals surface area contributed by atoms with Gasteiger partial charge in [-0.2, -0.15) is 0 Å². The maximum Gasteiger partial charge on any atom is 0.293 e. The summed E-state index contributed by atoms with van der Waals surface area (Å²) < 4.78 is 7.68. The molecule has 0 N–H and O–H groups in total. The lowest BCUT2D eigenvalue weighted by atomic mass is 10.2. The third-order valence-corrected chi connectivity index (χ3v) is 3.59. The van der Waals surface area contributed by atoms with Crippen molar-refractivity contribution in [2.24, 2.45) is 0 Å². The number of hydrogen-bond donors (Lipinski definition) is 0. The average molecular weight is 376 g/mol. The van der Waals surface area contributed by atoms with Gasteiger partial charge in [0.25, 0.3) is 5.56 Å². The van der Waals surface area contributed by atoms with Gasteiger partial charge in [-0.05, 0) is 58.5 Å². The number of nitrogens with zero attached hydrogens (tertiary/aromatic N) is 1. The number of rotatable bonds is 3. The van der Waals surface area contributed by atoms with Crippen molar-refractivity contribution in [1.82, 2.24) is 4.57 Å². The molecule has 5 heteroatoms. The Morgan fingerprint density at radius 1 is 1.39 bits per heavy atom. The fraction of sp³-hybridized carbons (Fsp3) is 0.154. The molecule has 18 heavy (non-hydrogen) atoms. The second-order valence-electron chi connectivity index (χ2n) is 3.75. The molecule has 0 unspecified atom stereocenters. The second-order valence-corrected chi connectivity index (χ2v) is 5.40. The molecule has 0 aliphatic heterocycles. The standard InChI is InChI=1S/C13H11ClINO2/c1-18-12-3-2-6-16(13(12)17)8-9-7-10(15)4-5-11(9)14/h2-7H,8H2,1H3. The lowest BCUT2D eigenvalue weighted by Gasteiger charge is -2.09. The van der Waals surface area contributed by atoms with Crippen LogP contribution in [0, 0.1) is 3.57 Å². The van der Waals surface area contributed by atoms with Crippen molar-refractivity contribution in [3.8, 4) is 5.75 Å². The van der Waals surface area contributed by atoms with Gasteiger partial charge in [0, 0.05) is 14.8 Å². The highest BCUT2D eigenvalue weighted by atomic mass is 127. The van der Waals surface area contributed by atoms with Gasteiger partial charge in [0.05, 0.1) is 13.7 Å². The van der Waals surface area contributed by atoms with E-state index < -0.39 is 0 Å². The van der Waals surface area contributed by atoms with E-state index in [0.717, 1.165) is 9.13 Å². The molecule has 1 aromatic carbocycles. The number of aromatic nitrogens is 1. The highest BCUT2D eigenvalue weighted by molar-refractivity contribution is 14.1. The Morgan fingerprint density at radius 2 is 2.17 bits per heavy atom. The molecule has 3 nitrogen and oxygen atoms in total. The van der Waals surface area contributed by atoms with Crippen LogP contribution in [0.2, 0.25) is 5.02 Å². The molecule has 0 radical (unpaired) electrons. The highest BCUT2D eigenvalue weighted by Crippen LogP contribution is 2.19. The zero-order valence-electron chi connectivity index (χ0n) is 9.69. The van der Waals surface area contributed by atoms with Gasteiger partial charge in [-0.25, -0.2) is 0 Å². The molecular weight excluding hydrogens is 365 g/mol. The van der Waals surface area contributed by atoms with Gasteiger partial charge < -0.3 is 9.30 Å². The molecular formula is C13H11ClINO2. The molecule has 0 bridgehead atoms. The smallest absolute Gasteiger partial charge is 0.293 e. The fourth-order valence-corrected chi connectivity index (χ4v) is 2.38. The van der Waals surface area contributed by atoms with Gasteiger partial charge in [-0.3, -0.25) is 4.79 Å². The van der Waals surface area contributed by atoms with Crippen LogP contribution in [-0.4, -0.2) is 11.7 Å². The number of benzene rings is 1. The number of hydrogen-bond acceptors (Lipinski definition) is 2. The van der Waals surface area contributed by atoms with E-state index in [2.05, 4.69) is 22.6 Å². The van der Waals surface area contributed by atoms with E-state index in [9.17, 15) is 4.79 Å². The van der Waals surface area contributed by atoms with Gasteiger partial charge >= 0.3 is 0 Å². The van der Waals surface area contributed by atoms with E-state index in [4.69, 9.17) is 16.3 Å². The normalized spacial score (nSPS) is 10.4. The molecule has 0 fully saturated rings. The Labute approximate surface area is 123 Å². The lowest BCUT2D eigenvalue weighted by Crippen LogP contribution is -2.21. The summed E-state index contributed by atoms with van der Waals surface area (Å²) in [7, 11) is 1.49. The topological polar surface area (TPSA) is 31.2 Å². The molecule has 0 aliphatic carbocycles. The predicted octanol–water partition coefficient (Wildman–Crippen LogP) is 3.16. The van der Waals surface area contributed by atoms with Crippen molar-refractivity contribution < 1.29 is 4.74 Å². The number of ether oxygens (including phenoxy) is 1. The molecule has 0 spiro atoms. The first-order valence-corrected chi connectivity index (χ1v) is 6.75. The highest BCUT2D eigenvalue weighted by Gasteiger charge is 2.06. The van der Waals surface area contributed by atoms with Crippen LogP contribution in [0.4, 0.5) is 0 Å². The summed E-state index contributed by atoms with van der Waals surface area (Å²) >= 11 is 8.34.